The first-order valence-corrected chi connectivity index (χ1v) is 9.70. The van der Waals surface area contributed by atoms with Crippen LogP contribution in [0.3, 0.4) is 0 Å². The van der Waals surface area contributed by atoms with Gasteiger partial charge in [-0.3, -0.25) is 4.79 Å². The van der Waals surface area contributed by atoms with Gasteiger partial charge in [-0.15, -0.1) is 11.3 Å². The van der Waals surface area contributed by atoms with Gasteiger partial charge >= 0.3 is 0 Å². The Bertz CT molecular complexity index is 847. The van der Waals surface area contributed by atoms with Crippen LogP contribution < -0.4 is 0 Å². The number of benzene rings is 1. The molecule has 3 rings (SSSR count). The molecule has 0 aliphatic carbocycles. The normalized spacial score (nSPS) is 10.9. The molecule has 0 aliphatic rings. The van der Waals surface area contributed by atoms with Gasteiger partial charge in [0.25, 0.3) is 0 Å². The third kappa shape index (κ3) is 4.06. The summed E-state index contributed by atoms with van der Waals surface area (Å²) in [6, 6.07) is 11.7. The molecule has 0 radical (unpaired) electrons. The molecule has 2 heterocycles. The van der Waals surface area contributed by atoms with E-state index in [1.165, 1.54) is 23.1 Å². The molecule has 124 valence electrons. The first-order chi connectivity index (χ1) is 11.7. The monoisotopic (exact) mass is 377 g/mol. The van der Waals surface area contributed by atoms with Crippen LogP contribution in [0.15, 0.2) is 47.8 Å². The molecular weight excluding hydrogens is 362 g/mol. The Morgan fingerprint density at radius 1 is 1.25 bits per heavy atom. The summed E-state index contributed by atoms with van der Waals surface area (Å²) in [7, 11) is 0. The van der Waals surface area contributed by atoms with Crippen LogP contribution in [0.4, 0.5) is 0 Å². The summed E-state index contributed by atoms with van der Waals surface area (Å²) >= 11 is 8.92. The van der Waals surface area contributed by atoms with Crippen molar-refractivity contribution in [1.82, 2.24) is 14.9 Å². The van der Waals surface area contributed by atoms with Crippen molar-refractivity contribution in [3.8, 4) is 0 Å². The SMILES string of the molecule is CCN(Cc1ccc(Cl)s1)C(=O)CSc1ncnc2ccccc12. The predicted octanol–water partition coefficient (Wildman–Crippen LogP) is 4.49. The summed E-state index contributed by atoms with van der Waals surface area (Å²) in [4.78, 5) is 24.0. The molecule has 0 bridgehead atoms. The average molecular weight is 378 g/mol. The molecule has 0 fully saturated rings. The molecule has 0 atom stereocenters. The zero-order valence-electron chi connectivity index (χ0n) is 13.1. The standard InChI is InChI=1S/C17H16ClN3OS2/c1-2-21(9-12-7-8-15(18)24-12)16(22)10-23-17-13-5-3-4-6-14(13)19-11-20-17/h3-8,11H,2,9-10H2,1H3. The molecule has 0 saturated heterocycles. The summed E-state index contributed by atoms with van der Waals surface area (Å²) < 4.78 is 0.746. The lowest BCUT2D eigenvalue weighted by Gasteiger charge is -2.20. The number of halogens is 1. The minimum absolute atomic E-state index is 0.0923. The summed E-state index contributed by atoms with van der Waals surface area (Å²) in [5, 5.41) is 1.81. The third-order valence-corrected chi connectivity index (χ3v) is 5.75. The van der Waals surface area contributed by atoms with Crippen molar-refractivity contribution in [2.24, 2.45) is 0 Å². The highest BCUT2D eigenvalue weighted by atomic mass is 35.5. The number of nitrogens with zero attached hydrogens (tertiary/aromatic N) is 3. The highest BCUT2D eigenvalue weighted by molar-refractivity contribution is 8.00. The molecule has 0 aliphatic heterocycles. The maximum atomic E-state index is 12.5. The van der Waals surface area contributed by atoms with Crippen LogP contribution in [-0.2, 0) is 11.3 Å². The van der Waals surface area contributed by atoms with Crippen LogP contribution in [0.25, 0.3) is 10.9 Å². The fourth-order valence-corrected chi connectivity index (χ4v) is 4.31. The van der Waals surface area contributed by atoms with Crippen molar-refractivity contribution in [3.05, 3.63) is 51.9 Å². The molecule has 0 spiro atoms. The zero-order chi connectivity index (χ0) is 16.9. The van der Waals surface area contributed by atoms with E-state index in [2.05, 4.69) is 9.97 Å². The van der Waals surface area contributed by atoms with E-state index in [4.69, 9.17) is 11.6 Å². The van der Waals surface area contributed by atoms with Gasteiger partial charge in [-0.05, 0) is 25.1 Å². The molecule has 4 nitrogen and oxygen atoms in total. The van der Waals surface area contributed by atoms with E-state index in [1.54, 1.807) is 6.33 Å². The van der Waals surface area contributed by atoms with Crippen LogP contribution in [-0.4, -0.2) is 33.1 Å². The summed E-state index contributed by atoms with van der Waals surface area (Å²) in [6.07, 6.45) is 1.54. The van der Waals surface area contributed by atoms with E-state index in [1.807, 2.05) is 48.2 Å². The number of thiophene rings is 1. The van der Waals surface area contributed by atoms with Crippen molar-refractivity contribution >= 4 is 51.5 Å². The Morgan fingerprint density at radius 2 is 2.08 bits per heavy atom. The number of amides is 1. The topological polar surface area (TPSA) is 46.1 Å². The average Bonchev–Trinajstić information content (AvgIpc) is 3.02. The fourth-order valence-electron chi connectivity index (χ4n) is 2.32. The number of carbonyl (C=O) groups excluding carboxylic acids is 1. The van der Waals surface area contributed by atoms with Crippen LogP contribution >= 0.6 is 34.7 Å². The van der Waals surface area contributed by atoms with Crippen molar-refractivity contribution in [1.29, 1.82) is 0 Å². The third-order valence-electron chi connectivity index (χ3n) is 3.55. The van der Waals surface area contributed by atoms with Crippen LogP contribution in [0, 0.1) is 0 Å². The van der Waals surface area contributed by atoms with E-state index in [-0.39, 0.29) is 5.91 Å². The molecule has 0 unspecified atom stereocenters. The maximum absolute atomic E-state index is 12.5. The highest BCUT2D eigenvalue weighted by Gasteiger charge is 2.15. The first kappa shape index (κ1) is 17.2. The van der Waals surface area contributed by atoms with E-state index >= 15 is 0 Å². The van der Waals surface area contributed by atoms with Gasteiger partial charge in [0.15, 0.2) is 0 Å². The Hall–Kier alpha value is -1.63. The molecule has 0 saturated carbocycles. The second-order valence-corrected chi connectivity index (χ2v) is 7.86. The smallest absolute Gasteiger partial charge is 0.233 e. The first-order valence-electron chi connectivity index (χ1n) is 7.52. The van der Waals surface area contributed by atoms with Gasteiger partial charge in [-0.1, -0.05) is 41.6 Å². The molecule has 24 heavy (non-hydrogen) atoms. The van der Waals surface area contributed by atoms with Crippen molar-refractivity contribution < 1.29 is 4.79 Å². The van der Waals surface area contributed by atoms with E-state index in [0.717, 1.165) is 25.1 Å². The van der Waals surface area contributed by atoms with Crippen molar-refractivity contribution in [2.75, 3.05) is 12.3 Å². The largest absolute Gasteiger partial charge is 0.337 e. The van der Waals surface area contributed by atoms with Gasteiger partial charge in [0.05, 0.1) is 22.2 Å². The number of fused-ring (bicyclic) bond motifs is 1. The van der Waals surface area contributed by atoms with Gasteiger partial charge in [0.2, 0.25) is 5.91 Å². The van der Waals surface area contributed by atoms with Gasteiger partial charge in [0, 0.05) is 16.8 Å². The van der Waals surface area contributed by atoms with E-state index < -0.39 is 0 Å². The number of thioether (sulfide) groups is 1. The van der Waals surface area contributed by atoms with Crippen molar-refractivity contribution in [2.45, 2.75) is 18.5 Å². The lowest BCUT2D eigenvalue weighted by molar-refractivity contribution is -0.128. The Kier molecular flexibility index (Phi) is 5.71. The van der Waals surface area contributed by atoms with E-state index in [9.17, 15) is 4.79 Å². The maximum Gasteiger partial charge on any atom is 0.233 e. The quantitative estimate of drug-likeness (QED) is 0.469. The lowest BCUT2D eigenvalue weighted by atomic mass is 10.2. The second kappa shape index (κ2) is 7.96. The van der Waals surface area contributed by atoms with Gasteiger partial charge in [0.1, 0.15) is 11.4 Å². The second-order valence-electron chi connectivity index (χ2n) is 5.10. The molecule has 1 amide bonds. The molecule has 7 heteroatoms. The number of hydrogen-bond donors (Lipinski definition) is 0. The molecule has 3 aromatic rings. The number of hydrogen-bond acceptors (Lipinski definition) is 5. The number of para-hydroxylation sites is 1. The van der Waals surface area contributed by atoms with Gasteiger partial charge in [-0.25, -0.2) is 9.97 Å². The minimum Gasteiger partial charge on any atom is -0.337 e. The van der Waals surface area contributed by atoms with E-state index in [0.29, 0.717) is 18.8 Å². The number of rotatable bonds is 6. The van der Waals surface area contributed by atoms with Crippen LogP contribution in [0.1, 0.15) is 11.8 Å². The fraction of sp³-hybridized carbons (Fsp3) is 0.235. The van der Waals surface area contributed by atoms with Crippen molar-refractivity contribution in [3.63, 3.8) is 0 Å². The predicted molar refractivity (Wildman–Crippen MR) is 101 cm³/mol. The summed E-state index contributed by atoms with van der Waals surface area (Å²) in [6.45, 7) is 3.25. The molecular formula is C17H16ClN3OS2. The minimum atomic E-state index is 0.0923. The molecule has 2 aromatic heterocycles. The zero-order valence-corrected chi connectivity index (χ0v) is 15.5. The Balaban J connectivity index is 1.67. The summed E-state index contributed by atoms with van der Waals surface area (Å²) in [5.41, 5.74) is 0.892. The molecule has 0 N–H and O–H groups in total. The summed E-state index contributed by atoms with van der Waals surface area (Å²) in [5.74, 6) is 0.447. The number of carbonyl (C=O) groups is 1. The van der Waals surface area contributed by atoms with Gasteiger partial charge in [-0.2, -0.15) is 0 Å². The van der Waals surface area contributed by atoms with Crippen LogP contribution in [0.2, 0.25) is 4.34 Å². The molecule has 1 aromatic carbocycles. The number of aromatic nitrogens is 2. The van der Waals surface area contributed by atoms with Crippen LogP contribution in [0.5, 0.6) is 0 Å². The van der Waals surface area contributed by atoms with Gasteiger partial charge < -0.3 is 4.90 Å². The highest BCUT2D eigenvalue weighted by Crippen LogP contribution is 2.26. The lowest BCUT2D eigenvalue weighted by Crippen LogP contribution is -2.31. The Labute approximate surface area is 153 Å². The Morgan fingerprint density at radius 3 is 2.83 bits per heavy atom.